The lowest BCUT2D eigenvalue weighted by Crippen LogP contribution is -2.20. The molecule has 2 N–H and O–H groups in total. The predicted octanol–water partition coefficient (Wildman–Crippen LogP) is 5.02. The summed E-state index contributed by atoms with van der Waals surface area (Å²) in [6.07, 6.45) is 1.44. The molecule has 0 aliphatic rings. The number of nitrogens with one attached hydrogen (secondary N) is 2. The molecule has 3 rings (SSSR count). The van der Waals surface area contributed by atoms with E-state index in [9.17, 15) is 14.0 Å². The molecule has 158 valence electrons. The smallest absolute Gasteiger partial charge is 0.271 e. The van der Waals surface area contributed by atoms with Crippen molar-refractivity contribution in [2.45, 2.75) is 0 Å². The van der Waals surface area contributed by atoms with Crippen molar-refractivity contribution in [2.24, 2.45) is 5.10 Å². The molecule has 0 aromatic heterocycles. The maximum Gasteiger partial charge on any atom is 0.271 e. The molecule has 0 bridgehead atoms. The highest BCUT2D eigenvalue weighted by Crippen LogP contribution is 2.25. The number of anilines is 1. The summed E-state index contributed by atoms with van der Waals surface area (Å²) in [5, 5.41) is 6.78. The van der Waals surface area contributed by atoms with Gasteiger partial charge in [-0.15, -0.1) is 0 Å². The van der Waals surface area contributed by atoms with Crippen molar-refractivity contribution >= 4 is 51.2 Å². The third kappa shape index (κ3) is 6.91. The highest BCUT2D eigenvalue weighted by Gasteiger charge is 2.08. The molecule has 0 radical (unpaired) electrons. The Morgan fingerprint density at radius 2 is 1.77 bits per heavy atom. The number of carbonyl (C=O) groups excluding carboxylic acids is 2. The van der Waals surface area contributed by atoms with E-state index in [0.717, 1.165) is 4.47 Å². The molecule has 0 aliphatic carbocycles. The zero-order valence-electron chi connectivity index (χ0n) is 15.9. The van der Waals surface area contributed by atoms with Gasteiger partial charge in [-0.05, 0) is 72.3 Å². The molecule has 0 fully saturated rings. The molecule has 6 nitrogen and oxygen atoms in total. The third-order valence-electron chi connectivity index (χ3n) is 3.93. The Morgan fingerprint density at radius 1 is 1.06 bits per heavy atom. The Hall–Kier alpha value is -3.23. The minimum absolute atomic E-state index is 0.270. The molecule has 0 heterocycles. The standard InChI is InChI=1S/C22H16BrClFN3O3/c23-16-4-2-15(3-5-16)22(30)28-26-12-14-1-10-20(19(24)11-14)31-13-21(29)27-18-8-6-17(25)7-9-18/h1-12H,13H2,(H,27,29)(H,28,30)/b26-12+. The first kappa shape index (κ1) is 22.5. The van der Waals surface area contributed by atoms with Crippen LogP contribution in [0.1, 0.15) is 15.9 Å². The lowest BCUT2D eigenvalue weighted by atomic mass is 10.2. The molecule has 2 amide bonds. The second-order valence-corrected chi connectivity index (χ2v) is 7.56. The summed E-state index contributed by atoms with van der Waals surface area (Å²) in [6.45, 7) is -0.270. The van der Waals surface area contributed by atoms with E-state index in [1.54, 1.807) is 42.5 Å². The monoisotopic (exact) mass is 503 g/mol. The van der Waals surface area contributed by atoms with E-state index in [1.807, 2.05) is 0 Å². The van der Waals surface area contributed by atoms with E-state index >= 15 is 0 Å². The summed E-state index contributed by atoms with van der Waals surface area (Å²) in [5.41, 5.74) is 3.99. The number of rotatable bonds is 7. The highest BCUT2D eigenvalue weighted by molar-refractivity contribution is 9.10. The van der Waals surface area contributed by atoms with E-state index < -0.39 is 11.7 Å². The Labute approximate surface area is 191 Å². The quantitative estimate of drug-likeness (QED) is 0.350. The molecule has 0 saturated carbocycles. The molecule has 3 aromatic rings. The Morgan fingerprint density at radius 3 is 2.45 bits per heavy atom. The van der Waals surface area contributed by atoms with Gasteiger partial charge in [0.15, 0.2) is 6.61 Å². The van der Waals surface area contributed by atoms with Gasteiger partial charge in [-0.1, -0.05) is 27.5 Å². The summed E-state index contributed by atoms with van der Waals surface area (Å²) in [4.78, 5) is 24.0. The predicted molar refractivity (Wildman–Crippen MR) is 121 cm³/mol. The molecule has 0 atom stereocenters. The van der Waals surface area contributed by atoms with Crippen LogP contribution in [0.4, 0.5) is 10.1 Å². The van der Waals surface area contributed by atoms with Crippen LogP contribution in [0.3, 0.4) is 0 Å². The van der Waals surface area contributed by atoms with Crippen LogP contribution in [0, 0.1) is 5.82 Å². The SMILES string of the molecule is O=C(COc1ccc(/C=N/NC(=O)c2ccc(Br)cc2)cc1Cl)Nc1ccc(F)cc1. The number of nitrogens with zero attached hydrogens (tertiary/aromatic N) is 1. The summed E-state index contributed by atoms with van der Waals surface area (Å²) < 4.78 is 19.2. The molecule has 0 aliphatic heterocycles. The van der Waals surface area contributed by atoms with E-state index in [1.165, 1.54) is 30.5 Å². The van der Waals surface area contributed by atoms with Crippen molar-refractivity contribution in [2.75, 3.05) is 11.9 Å². The van der Waals surface area contributed by atoms with Crippen LogP contribution < -0.4 is 15.5 Å². The summed E-state index contributed by atoms with van der Waals surface area (Å²) in [7, 11) is 0. The number of ether oxygens (including phenoxy) is 1. The number of amides is 2. The van der Waals surface area contributed by atoms with E-state index in [-0.39, 0.29) is 17.5 Å². The fourth-order valence-corrected chi connectivity index (χ4v) is 2.93. The van der Waals surface area contributed by atoms with Crippen molar-refractivity contribution in [3.8, 4) is 5.75 Å². The molecular formula is C22H16BrClFN3O3. The van der Waals surface area contributed by atoms with Crippen molar-refractivity contribution in [1.82, 2.24) is 5.43 Å². The number of carbonyl (C=O) groups is 2. The van der Waals surface area contributed by atoms with Crippen LogP contribution in [0.25, 0.3) is 0 Å². The first-order valence-electron chi connectivity index (χ1n) is 8.97. The first-order chi connectivity index (χ1) is 14.9. The van der Waals surface area contributed by atoms with Gasteiger partial charge in [0.25, 0.3) is 11.8 Å². The number of hydrazone groups is 1. The van der Waals surface area contributed by atoms with E-state index in [2.05, 4.69) is 31.8 Å². The largest absolute Gasteiger partial charge is 0.482 e. The van der Waals surface area contributed by atoms with Crippen LogP contribution in [0.2, 0.25) is 5.02 Å². The van der Waals surface area contributed by atoms with Gasteiger partial charge in [0.2, 0.25) is 0 Å². The topological polar surface area (TPSA) is 79.8 Å². The normalized spacial score (nSPS) is 10.7. The number of halogens is 3. The average molecular weight is 505 g/mol. The molecule has 3 aromatic carbocycles. The fraction of sp³-hybridized carbons (Fsp3) is 0.0455. The van der Waals surface area contributed by atoms with Crippen molar-refractivity contribution < 1.29 is 18.7 Å². The Balaban J connectivity index is 1.51. The lowest BCUT2D eigenvalue weighted by Gasteiger charge is -2.09. The van der Waals surface area contributed by atoms with Gasteiger partial charge < -0.3 is 10.1 Å². The maximum absolute atomic E-state index is 12.9. The second kappa shape index (κ2) is 10.7. The van der Waals surface area contributed by atoms with Gasteiger partial charge in [0, 0.05) is 15.7 Å². The van der Waals surface area contributed by atoms with Crippen LogP contribution in [-0.2, 0) is 4.79 Å². The third-order valence-corrected chi connectivity index (χ3v) is 4.75. The molecule has 31 heavy (non-hydrogen) atoms. The number of hydrogen-bond acceptors (Lipinski definition) is 4. The van der Waals surface area contributed by atoms with E-state index in [4.69, 9.17) is 16.3 Å². The van der Waals surface area contributed by atoms with Gasteiger partial charge in [0.1, 0.15) is 11.6 Å². The Kier molecular flexibility index (Phi) is 7.75. The van der Waals surface area contributed by atoms with Gasteiger partial charge in [-0.3, -0.25) is 9.59 Å². The zero-order chi connectivity index (χ0) is 22.2. The number of hydrogen-bond donors (Lipinski definition) is 2. The van der Waals surface area contributed by atoms with Crippen molar-refractivity contribution in [1.29, 1.82) is 0 Å². The van der Waals surface area contributed by atoms with E-state index in [0.29, 0.717) is 22.6 Å². The van der Waals surface area contributed by atoms with Gasteiger partial charge >= 0.3 is 0 Å². The summed E-state index contributed by atoms with van der Waals surface area (Å²) >= 11 is 9.50. The van der Waals surface area contributed by atoms with Gasteiger partial charge in [-0.25, -0.2) is 9.82 Å². The Bertz CT molecular complexity index is 1110. The molecule has 0 spiro atoms. The summed E-state index contributed by atoms with van der Waals surface area (Å²) in [5.74, 6) is -0.838. The summed E-state index contributed by atoms with van der Waals surface area (Å²) in [6, 6.07) is 17.1. The van der Waals surface area contributed by atoms with Gasteiger partial charge in [-0.2, -0.15) is 5.10 Å². The molecule has 9 heteroatoms. The minimum Gasteiger partial charge on any atom is -0.482 e. The zero-order valence-corrected chi connectivity index (χ0v) is 18.3. The first-order valence-corrected chi connectivity index (χ1v) is 10.1. The van der Waals surface area contributed by atoms with Crippen LogP contribution in [0.15, 0.2) is 76.3 Å². The fourth-order valence-electron chi connectivity index (χ4n) is 2.42. The van der Waals surface area contributed by atoms with Crippen LogP contribution in [-0.4, -0.2) is 24.6 Å². The minimum atomic E-state index is -0.413. The molecular weight excluding hydrogens is 489 g/mol. The van der Waals surface area contributed by atoms with Crippen LogP contribution >= 0.6 is 27.5 Å². The average Bonchev–Trinajstić information content (AvgIpc) is 2.75. The maximum atomic E-state index is 12.9. The van der Waals surface area contributed by atoms with Crippen molar-refractivity contribution in [3.63, 3.8) is 0 Å². The lowest BCUT2D eigenvalue weighted by molar-refractivity contribution is -0.118. The molecule has 0 saturated heterocycles. The number of benzene rings is 3. The van der Waals surface area contributed by atoms with Gasteiger partial charge in [0.05, 0.1) is 11.2 Å². The second-order valence-electron chi connectivity index (χ2n) is 6.24. The van der Waals surface area contributed by atoms with Crippen molar-refractivity contribution in [3.05, 3.63) is 93.2 Å². The highest BCUT2D eigenvalue weighted by atomic mass is 79.9. The van der Waals surface area contributed by atoms with Crippen LogP contribution in [0.5, 0.6) is 5.75 Å². The molecule has 0 unspecified atom stereocenters.